The summed E-state index contributed by atoms with van der Waals surface area (Å²) in [6.45, 7) is 0. The summed E-state index contributed by atoms with van der Waals surface area (Å²) in [6, 6.07) is 3.74. The van der Waals surface area contributed by atoms with Crippen molar-refractivity contribution in [2.75, 3.05) is 4.34 Å². The summed E-state index contributed by atoms with van der Waals surface area (Å²) in [5, 5.41) is 0. The number of pyridine rings is 1. The fraction of sp³-hybridized carbons (Fsp3) is 0. The van der Waals surface area contributed by atoms with Crippen LogP contribution in [0.2, 0.25) is 0 Å². The van der Waals surface area contributed by atoms with Crippen molar-refractivity contribution in [3.63, 3.8) is 0 Å². The topological polar surface area (TPSA) is 24.9 Å². The predicted octanol–water partition coefficient (Wildman–Crippen LogP) is 2.57. The van der Waals surface area contributed by atoms with E-state index in [1.807, 2.05) is 12.1 Å². The molecule has 4 heteroatoms. The molecule has 0 saturated carbocycles. The lowest BCUT2D eigenvalue weighted by atomic mass is 10.5. The highest BCUT2D eigenvalue weighted by Crippen LogP contribution is 2.12. The second-order valence-electron chi connectivity index (χ2n) is 1.45. The van der Waals surface area contributed by atoms with Gasteiger partial charge in [0.25, 0.3) is 0 Å². The zero-order valence-electron chi connectivity index (χ0n) is 4.44. The number of anilines is 1. The Bertz CT molecular complexity index is 202. The molecule has 0 aliphatic carbocycles. The lowest BCUT2D eigenvalue weighted by Crippen LogP contribution is -1.82. The van der Waals surface area contributed by atoms with Gasteiger partial charge in [-0.05, 0) is 12.1 Å². The van der Waals surface area contributed by atoms with Gasteiger partial charge in [0.2, 0.25) is 0 Å². The van der Waals surface area contributed by atoms with Gasteiger partial charge in [0.1, 0.15) is 5.82 Å². The molecule has 0 fully saturated rings. The molecule has 0 bridgehead atoms. The third-order valence-corrected chi connectivity index (χ3v) is 1.72. The van der Waals surface area contributed by atoms with E-state index >= 15 is 0 Å². The minimum absolute atomic E-state index is 0.796. The van der Waals surface area contributed by atoms with Crippen LogP contribution in [0.5, 0.6) is 0 Å². The van der Waals surface area contributed by atoms with Crippen LogP contribution in [0.3, 0.4) is 0 Å². The van der Waals surface area contributed by atoms with Gasteiger partial charge in [0.15, 0.2) is 0 Å². The molecule has 1 N–H and O–H groups in total. The molecule has 9 heavy (non-hydrogen) atoms. The standard InChI is InChI=1S/C5H4Br2N2/c6-4-1-2-8-5(3-4)9-7/h1-3H,(H,8,9). The van der Waals surface area contributed by atoms with Gasteiger partial charge in [-0.1, -0.05) is 15.9 Å². The highest BCUT2D eigenvalue weighted by molar-refractivity contribution is 9.10. The molecule has 0 unspecified atom stereocenters. The molecular formula is C5H4Br2N2. The van der Waals surface area contributed by atoms with Gasteiger partial charge in [0, 0.05) is 26.8 Å². The summed E-state index contributed by atoms with van der Waals surface area (Å²) >= 11 is 6.36. The van der Waals surface area contributed by atoms with Crippen molar-refractivity contribution >= 4 is 37.9 Å². The van der Waals surface area contributed by atoms with E-state index in [4.69, 9.17) is 0 Å². The molecule has 0 aliphatic rings. The summed E-state index contributed by atoms with van der Waals surface area (Å²) < 4.78 is 3.75. The van der Waals surface area contributed by atoms with E-state index < -0.39 is 0 Å². The molecule has 0 aliphatic heterocycles. The minimum atomic E-state index is 0.796. The monoisotopic (exact) mass is 250 g/mol. The van der Waals surface area contributed by atoms with Crippen molar-refractivity contribution in [3.05, 3.63) is 22.8 Å². The average molecular weight is 252 g/mol. The maximum atomic E-state index is 3.97. The molecule has 1 heterocycles. The summed E-state index contributed by atoms with van der Waals surface area (Å²) in [5.74, 6) is 0.796. The number of nitrogens with one attached hydrogen (secondary N) is 1. The summed E-state index contributed by atoms with van der Waals surface area (Å²) in [7, 11) is 0. The van der Waals surface area contributed by atoms with Crippen LogP contribution in [-0.4, -0.2) is 4.98 Å². The smallest absolute Gasteiger partial charge is 0.136 e. The van der Waals surface area contributed by atoms with Gasteiger partial charge < -0.3 is 4.34 Å². The van der Waals surface area contributed by atoms with Crippen LogP contribution in [0.15, 0.2) is 22.8 Å². The molecule has 0 saturated heterocycles. The van der Waals surface area contributed by atoms with E-state index in [9.17, 15) is 0 Å². The number of aromatic nitrogens is 1. The van der Waals surface area contributed by atoms with Crippen molar-refractivity contribution in [2.24, 2.45) is 0 Å². The zero-order valence-corrected chi connectivity index (χ0v) is 7.61. The Morgan fingerprint density at radius 2 is 2.33 bits per heavy atom. The molecule has 2 nitrogen and oxygen atoms in total. The molecule has 0 amide bonds. The molecule has 0 aromatic carbocycles. The van der Waals surface area contributed by atoms with E-state index in [0.29, 0.717) is 0 Å². The second kappa shape index (κ2) is 3.17. The van der Waals surface area contributed by atoms with E-state index in [-0.39, 0.29) is 0 Å². The van der Waals surface area contributed by atoms with Crippen molar-refractivity contribution in [1.29, 1.82) is 0 Å². The largest absolute Gasteiger partial charge is 0.307 e. The normalized spacial score (nSPS) is 9.11. The zero-order chi connectivity index (χ0) is 6.69. The van der Waals surface area contributed by atoms with Crippen molar-refractivity contribution in [3.8, 4) is 0 Å². The predicted molar refractivity (Wildman–Crippen MR) is 44.5 cm³/mol. The van der Waals surface area contributed by atoms with Gasteiger partial charge in [-0.15, -0.1) is 0 Å². The molecule has 0 atom stereocenters. The van der Waals surface area contributed by atoms with E-state index in [1.165, 1.54) is 0 Å². The molecule has 1 rings (SSSR count). The first-order valence-corrected chi connectivity index (χ1v) is 3.90. The van der Waals surface area contributed by atoms with Gasteiger partial charge in [0.05, 0.1) is 0 Å². The first kappa shape index (κ1) is 7.02. The highest BCUT2D eigenvalue weighted by atomic mass is 79.9. The van der Waals surface area contributed by atoms with Gasteiger partial charge in [-0.2, -0.15) is 0 Å². The summed E-state index contributed by atoms with van der Waals surface area (Å²) in [4.78, 5) is 3.97. The second-order valence-corrected chi connectivity index (χ2v) is 2.77. The number of hydrogen-bond donors (Lipinski definition) is 1. The van der Waals surface area contributed by atoms with Crippen LogP contribution in [0.4, 0.5) is 5.82 Å². The lowest BCUT2D eigenvalue weighted by Gasteiger charge is -1.94. The fourth-order valence-corrected chi connectivity index (χ4v) is 1.01. The number of hydrogen-bond acceptors (Lipinski definition) is 2. The van der Waals surface area contributed by atoms with Gasteiger partial charge >= 0.3 is 0 Å². The lowest BCUT2D eigenvalue weighted by molar-refractivity contribution is 1.33. The first-order chi connectivity index (χ1) is 4.33. The van der Waals surface area contributed by atoms with Gasteiger partial charge in [-0.3, -0.25) is 0 Å². The maximum Gasteiger partial charge on any atom is 0.136 e. The van der Waals surface area contributed by atoms with Crippen LogP contribution >= 0.6 is 32.1 Å². The molecular weight excluding hydrogens is 248 g/mol. The third kappa shape index (κ3) is 1.95. The Balaban J connectivity index is 2.94. The van der Waals surface area contributed by atoms with E-state index in [1.54, 1.807) is 6.20 Å². The SMILES string of the molecule is BrNc1cc(Br)ccn1. The number of nitrogens with zero attached hydrogens (tertiary/aromatic N) is 1. The summed E-state index contributed by atoms with van der Waals surface area (Å²) in [5.41, 5.74) is 0. The highest BCUT2D eigenvalue weighted by Gasteiger charge is 1.88. The van der Waals surface area contributed by atoms with Crippen molar-refractivity contribution in [1.82, 2.24) is 4.98 Å². The number of rotatable bonds is 1. The first-order valence-electron chi connectivity index (χ1n) is 2.31. The Hall–Kier alpha value is -0.0900. The van der Waals surface area contributed by atoms with Crippen LogP contribution in [0.25, 0.3) is 0 Å². The molecule has 0 radical (unpaired) electrons. The Labute approximate surface area is 70.1 Å². The van der Waals surface area contributed by atoms with Crippen molar-refractivity contribution in [2.45, 2.75) is 0 Å². The fourth-order valence-electron chi connectivity index (χ4n) is 0.456. The molecule has 0 spiro atoms. The molecule has 1 aromatic rings. The summed E-state index contributed by atoms with van der Waals surface area (Å²) in [6.07, 6.45) is 1.72. The Morgan fingerprint density at radius 3 is 2.78 bits per heavy atom. The number of halogens is 2. The van der Waals surface area contributed by atoms with Crippen LogP contribution in [0.1, 0.15) is 0 Å². The van der Waals surface area contributed by atoms with E-state index in [0.717, 1.165) is 10.3 Å². The van der Waals surface area contributed by atoms with E-state index in [2.05, 4.69) is 41.4 Å². The van der Waals surface area contributed by atoms with Gasteiger partial charge in [-0.25, -0.2) is 4.98 Å². The molecule has 48 valence electrons. The Morgan fingerprint density at radius 1 is 1.56 bits per heavy atom. The van der Waals surface area contributed by atoms with Crippen LogP contribution in [0, 0.1) is 0 Å². The third-order valence-electron chi connectivity index (χ3n) is 0.819. The van der Waals surface area contributed by atoms with Crippen LogP contribution < -0.4 is 4.34 Å². The average Bonchev–Trinajstić information content (AvgIpc) is 1.88. The van der Waals surface area contributed by atoms with Crippen LogP contribution in [-0.2, 0) is 0 Å². The Kier molecular flexibility index (Phi) is 2.48. The minimum Gasteiger partial charge on any atom is -0.307 e. The molecule has 1 aromatic heterocycles. The quantitative estimate of drug-likeness (QED) is 0.777. The van der Waals surface area contributed by atoms with Crippen molar-refractivity contribution < 1.29 is 0 Å². The maximum absolute atomic E-state index is 3.97.